The Morgan fingerprint density at radius 2 is 1.71 bits per heavy atom. The largest absolute Gasteiger partial charge is 0.382 e. The molecule has 0 aliphatic heterocycles. The first-order valence-corrected chi connectivity index (χ1v) is 6.62. The number of nitrogens with one attached hydrogen (secondary N) is 1. The topological polar surface area (TPSA) is 39.7 Å². The minimum Gasteiger partial charge on any atom is -0.382 e. The van der Waals surface area contributed by atoms with E-state index in [1.165, 1.54) is 0 Å². The van der Waals surface area contributed by atoms with Crippen molar-refractivity contribution in [3.63, 3.8) is 0 Å². The maximum Gasteiger partial charge on any atom is 0.0700 e. The Morgan fingerprint density at radius 3 is 2.41 bits per heavy atom. The molecule has 0 fully saturated rings. The summed E-state index contributed by atoms with van der Waals surface area (Å²) in [5.74, 6) is 0.624. The maximum atomic E-state index is 5.47. The van der Waals surface area contributed by atoms with Gasteiger partial charge in [0.05, 0.1) is 19.8 Å². The summed E-state index contributed by atoms with van der Waals surface area (Å²) in [7, 11) is 1.69. The molecule has 4 nitrogen and oxygen atoms in total. The summed E-state index contributed by atoms with van der Waals surface area (Å²) in [5.41, 5.74) is 0. The van der Waals surface area contributed by atoms with Crippen LogP contribution in [-0.4, -0.2) is 53.2 Å². The predicted molar refractivity (Wildman–Crippen MR) is 70.5 cm³/mol. The van der Waals surface area contributed by atoms with Crippen molar-refractivity contribution >= 4 is 0 Å². The van der Waals surface area contributed by atoms with Gasteiger partial charge in [0, 0.05) is 26.9 Å². The van der Waals surface area contributed by atoms with Gasteiger partial charge in [0.25, 0.3) is 0 Å². The second-order valence-electron chi connectivity index (χ2n) is 4.53. The molecule has 0 heterocycles. The summed E-state index contributed by atoms with van der Waals surface area (Å²) in [4.78, 5) is 0. The zero-order chi connectivity index (χ0) is 12.8. The van der Waals surface area contributed by atoms with Crippen LogP contribution in [0.2, 0.25) is 0 Å². The van der Waals surface area contributed by atoms with Gasteiger partial charge in [0.1, 0.15) is 0 Å². The molecule has 0 aromatic heterocycles. The SMILES string of the molecule is COCCOCCCCNCCOCC(C)C. The highest BCUT2D eigenvalue weighted by Crippen LogP contribution is 1.91. The van der Waals surface area contributed by atoms with E-state index in [9.17, 15) is 0 Å². The lowest BCUT2D eigenvalue weighted by atomic mass is 10.2. The molecule has 104 valence electrons. The molecule has 0 saturated carbocycles. The summed E-state index contributed by atoms with van der Waals surface area (Å²) in [5, 5.41) is 3.36. The van der Waals surface area contributed by atoms with Crippen LogP contribution < -0.4 is 5.32 Å². The molecule has 0 aliphatic rings. The summed E-state index contributed by atoms with van der Waals surface area (Å²) in [6.07, 6.45) is 2.25. The van der Waals surface area contributed by atoms with Gasteiger partial charge in [0.2, 0.25) is 0 Å². The van der Waals surface area contributed by atoms with Gasteiger partial charge in [0.15, 0.2) is 0 Å². The Morgan fingerprint density at radius 1 is 0.882 bits per heavy atom. The number of hydrogen-bond acceptors (Lipinski definition) is 4. The maximum absolute atomic E-state index is 5.47. The molecule has 0 radical (unpaired) electrons. The molecule has 17 heavy (non-hydrogen) atoms. The van der Waals surface area contributed by atoms with E-state index >= 15 is 0 Å². The molecular weight excluding hydrogens is 218 g/mol. The first-order chi connectivity index (χ1) is 8.27. The summed E-state index contributed by atoms with van der Waals surface area (Å²) in [6.45, 7) is 10.2. The molecule has 1 N–H and O–H groups in total. The van der Waals surface area contributed by atoms with Crippen LogP contribution in [0.25, 0.3) is 0 Å². The molecule has 0 unspecified atom stereocenters. The van der Waals surface area contributed by atoms with Gasteiger partial charge in [-0.05, 0) is 25.3 Å². The normalized spacial score (nSPS) is 11.3. The second kappa shape index (κ2) is 13.9. The van der Waals surface area contributed by atoms with E-state index in [-0.39, 0.29) is 0 Å². The molecule has 0 aromatic carbocycles. The fourth-order valence-electron chi connectivity index (χ4n) is 1.29. The highest BCUT2D eigenvalue weighted by molar-refractivity contribution is 4.48. The first kappa shape index (κ1) is 16.8. The molecule has 0 aliphatic carbocycles. The van der Waals surface area contributed by atoms with Crippen molar-refractivity contribution in [3.05, 3.63) is 0 Å². The van der Waals surface area contributed by atoms with E-state index in [0.717, 1.165) is 45.8 Å². The fourth-order valence-corrected chi connectivity index (χ4v) is 1.29. The van der Waals surface area contributed by atoms with Crippen LogP contribution in [0, 0.1) is 5.92 Å². The van der Waals surface area contributed by atoms with Crippen molar-refractivity contribution in [2.75, 3.05) is 53.2 Å². The van der Waals surface area contributed by atoms with Crippen LogP contribution in [0.1, 0.15) is 26.7 Å². The Labute approximate surface area is 106 Å². The zero-order valence-corrected chi connectivity index (χ0v) is 11.7. The number of ether oxygens (including phenoxy) is 3. The van der Waals surface area contributed by atoms with Gasteiger partial charge in [-0.1, -0.05) is 13.8 Å². The molecule has 0 rings (SSSR count). The van der Waals surface area contributed by atoms with Crippen LogP contribution in [0.4, 0.5) is 0 Å². The lowest BCUT2D eigenvalue weighted by Crippen LogP contribution is -2.22. The van der Waals surface area contributed by atoms with E-state index in [2.05, 4.69) is 19.2 Å². The Hall–Kier alpha value is -0.160. The van der Waals surface area contributed by atoms with Crippen molar-refractivity contribution in [3.8, 4) is 0 Å². The van der Waals surface area contributed by atoms with Gasteiger partial charge in [-0.3, -0.25) is 0 Å². The smallest absolute Gasteiger partial charge is 0.0700 e. The second-order valence-corrected chi connectivity index (χ2v) is 4.53. The number of rotatable bonds is 13. The Kier molecular flexibility index (Phi) is 13.8. The fraction of sp³-hybridized carbons (Fsp3) is 1.00. The predicted octanol–water partition coefficient (Wildman–Crippen LogP) is 1.69. The van der Waals surface area contributed by atoms with E-state index in [0.29, 0.717) is 19.1 Å². The Balaban J connectivity index is 2.89. The van der Waals surface area contributed by atoms with Crippen LogP contribution in [0.15, 0.2) is 0 Å². The molecule has 0 spiro atoms. The van der Waals surface area contributed by atoms with Crippen molar-refractivity contribution in [1.29, 1.82) is 0 Å². The highest BCUT2D eigenvalue weighted by Gasteiger charge is 1.94. The molecule has 0 amide bonds. The van der Waals surface area contributed by atoms with E-state index in [4.69, 9.17) is 14.2 Å². The van der Waals surface area contributed by atoms with E-state index in [1.54, 1.807) is 7.11 Å². The number of methoxy groups -OCH3 is 1. The van der Waals surface area contributed by atoms with Crippen LogP contribution in [-0.2, 0) is 14.2 Å². The third kappa shape index (κ3) is 15.8. The highest BCUT2D eigenvalue weighted by atomic mass is 16.5. The molecule has 0 aromatic rings. The summed E-state index contributed by atoms with van der Waals surface area (Å²) in [6, 6.07) is 0. The van der Waals surface area contributed by atoms with Gasteiger partial charge < -0.3 is 19.5 Å². The van der Waals surface area contributed by atoms with Crippen molar-refractivity contribution in [2.45, 2.75) is 26.7 Å². The van der Waals surface area contributed by atoms with Gasteiger partial charge in [-0.2, -0.15) is 0 Å². The minimum absolute atomic E-state index is 0.624. The standard InChI is InChI=1S/C13H29NO3/c1-13(2)12-17-9-7-14-6-4-5-8-16-11-10-15-3/h13-14H,4-12H2,1-3H3. The molecule has 0 atom stereocenters. The minimum atomic E-state index is 0.624. The molecule has 0 bridgehead atoms. The number of hydrogen-bond donors (Lipinski definition) is 1. The quantitative estimate of drug-likeness (QED) is 0.503. The van der Waals surface area contributed by atoms with Crippen molar-refractivity contribution < 1.29 is 14.2 Å². The van der Waals surface area contributed by atoms with Gasteiger partial charge in [-0.25, -0.2) is 0 Å². The lowest BCUT2D eigenvalue weighted by Gasteiger charge is -2.08. The van der Waals surface area contributed by atoms with Crippen molar-refractivity contribution in [1.82, 2.24) is 5.32 Å². The van der Waals surface area contributed by atoms with E-state index < -0.39 is 0 Å². The van der Waals surface area contributed by atoms with Crippen LogP contribution >= 0.6 is 0 Å². The van der Waals surface area contributed by atoms with Gasteiger partial charge >= 0.3 is 0 Å². The Bertz CT molecular complexity index is 143. The average Bonchev–Trinajstić information content (AvgIpc) is 2.30. The monoisotopic (exact) mass is 247 g/mol. The summed E-state index contributed by atoms with van der Waals surface area (Å²) >= 11 is 0. The summed E-state index contributed by atoms with van der Waals surface area (Å²) < 4.78 is 15.7. The van der Waals surface area contributed by atoms with Crippen LogP contribution in [0.5, 0.6) is 0 Å². The van der Waals surface area contributed by atoms with Crippen LogP contribution in [0.3, 0.4) is 0 Å². The third-order valence-electron chi connectivity index (χ3n) is 2.20. The zero-order valence-electron chi connectivity index (χ0n) is 11.7. The van der Waals surface area contributed by atoms with Gasteiger partial charge in [-0.15, -0.1) is 0 Å². The molecule has 0 saturated heterocycles. The molecule has 4 heteroatoms. The first-order valence-electron chi connectivity index (χ1n) is 6.62. The molecular formula is C13H29NO3. The third-order valence-corrected chi connectivity index (χ3v) is 2.20. The number of unbranched alkanes of at least 4 members (excludes halogenated alkanes) is 1. The average molecular weight is 247 g/mol. The van der Waals surface area contributed by atoms with E-state index in [1.807, 2.05) is 0 Å². The lowest BCUT2D eigenvalue weighted by molar-refractivity contribution is 0.0686. The van der Waals surface area contributed by atoms with Crippen molar-refractivity contribution in [2.24, 2.45) is 5.92 Å².